The first-order valence-corrected chi connectivity index (χ1v) is 6.81. The molecule has 0 fully saturated rings. The Balaban J connectivity index is 2.27. The van der Waals surface area contributed by atoms with Gasteiger partial charge in [-0.1, -0.05) is 18.5 Å². The second-order valence-corrected chi connectivity index (χ2v) is 4.98. The summed E-state index contributed by atoms with van der Waals surface area (Å²) in [6.45, 7) is 2.12. The molecule has 2 aromatic heterocycles. The van der Waals surface area contributed by atoms with E-state index in [-0.39, 0.29) is 6.04 Å². The van der Waals surface area contributed by atoms with Crippen LogP contribution in [0.2, 0.25) is 5.02 Å². The third-order valence-corrected chi connectivity index (χ3v) is 3.62. The highest BCUT2D eigenvalue weighted by molar-refractivity contribution is 6.31. The molecule has 4 nitrogen and oxygen atoms in total. The molecule has 102 valence electrons. The zero-order valence-electron chi connectivity index (χ0n) is 11.5. The Morgan fingerprint density at radius 2 is 2.26 bits per heavy atom. The van der Waals surface area contributed by atoms with Gasteiger partial charge in [0.1, 0.15) is 0 Å². The molecule has 1 N–H and O–H groups in total. The number of likely N-dealkylation sites (N-methyl/N-ethyl adjacent to an activating group) is 1. The van der Waals surface area contributed by atoms with E-state index in [1.807, 2.05) is 24.8 Å². The van der Waals surface area contributed by atoms with Crippen molar-refractivity contribution < 1.29 is 0 Å². The average molecular weight is 279 g/mol. The number of aryl methyl sites for hydroxylation is 2. The fourth-order valence-electron chi connectivity index (χ4n) is 2.28. The Bertz CT molecular complexity index is 550. The van der Waals surface area contributed by atoms with Crippen LogP contribution in [-0.2, 0) is 19.9 Å². The summed E-state index contributed by atoms with van der Waals surface area (Å²) < 4.78 is 1.87. The Morgan fingerprint density at radius 3 is 2.89 bits per heavy atom. The lowest BCUT2D eigenvalue weighted by Crippen LogP contribution is -2.19. The fraction of sp³-hybridized carbons (Fsp3) is 0.429. The molecule has 5 heteroatoms. The number of hydrogen-bond acceptors (Lipinski definition) is 3. The van der Waals surface area contributed by atoms with Crippen molar-refractivity contribution >= 4 is 11.6 Å². The Labute approximate surface area is 118 Å². The zero-order valence-corrected chi connectivity index (χ0v) is 12.3. The van der Waals surface area contributed by atoms with Crippen LogP contribution in [0.25, 0.3) is 0 Å². The molecule has 2 heterocycles. The molecule has 0 radical (unpaired) electrons. The second-order valence-electron chi connectivity index (χ2n) is 4.57. The number of nitrogens with one attached hydrogen (secondary N) is 1. The van der Waals surface area contributed by atoms with E-state index in [2.05, 4.69) is 28.5 Å². The number of pyridine rings is 1. The number of hydrogen-bond donors (Lipinski definition) is 1. The van der Waals surface area contributed by atoms with Crippen molar-refractivity contribution in [1.82, 2.24) is 20.1 Å². The van der Waals surface area contributed by atoms with Gasteiger partial charge in [0.2, 0.25) is 0 Å². The van der Waals surface area contributed by atoms with Crippen molar-refractivity contribution in [1.29, 1.82) is 0 Å². The molecule has 0 aliphatic rings. The van der Waals surface area contributed by atoms with Gasteiger partial charge in [0.15, 0.2) is 0 Å². The van der Waals surface area contributed by atoms with Crippen LogP contribution in [0.3, 0.4) is 0 Å². The van der Waals surface area contributed by atoms with Gasteiger partial charge in [-0.3, -0.25) is 9.67 Å². The Hall–Kier alpha value is -1.39. The van der Waals surface area contributed by atoms with E-state index < -0.39 is 0 Å². The molecule has 0 aliphatic carbocycles. The highest BCUT2D eigenvalue weighted by atomic mass is 35.5. The smallest absolute Gasteiger partial charge is 0.0669 e. The minimum atomic E-state index is 0.212. The first-order valence-electron chi connectivity index (χ1n) is 6.43. The SMILES string of the molecule is CCc1nn(C)cc1C(Cc1ccncc1Cl)NC. The van der Waals surface area contributed by atoms with Crippen LogP contribution < -0.4 is 5.32 Å². The lowest BCUT2D eigenvalue weighted by molar-refractivity contribution is 0.586. The van der Waals surface area contributed by atoms with Crippen molar-refractivity contribution in [2.45, 2.75) is 25.8 Å². The maximum atomic E-state index is 6.18. The summed E-state index contributed by atoms with van der Waals surface area (Å²) in [5, 5.41) is 8.56. The molecule has 1 unspecified atom stereocenters. The van der Waals surface area contributed by atoms with Gasteiger partial charge in [-0.15, -0.1) is 0 Å². The summed E-state index contributed by atoms with van der Waals surface area (Å²) >= 11 is 6.18. The molecule has 0 spiro atoms. The van der Waals surface area contributed by atoms with Gasteiger partial charge >= 0.3 is 0 Å². The molecule has 2 rings (SSSR count). The minimum absolute atomic E-state index is 0.212. The third kappa shape index (κ3) is 3.14. The summed E-state index contributed by atoms with van der Waals surface area (Å²) in [5.41, 5.74) is 3.47. The number of nitrogens with zero attached hydrogens (tertiary/aromatic N) is 3. The highest BCUT2D eigenvalue weighted by Crippen LogP contribution is 2.24. The molecule has 0 aliphatic heterocycles. The van der Waals surface area contributed by atoms with Crippen molar-refractivity contribution in [2.75, 3.05) is 7.05 Å². The first-order chi connectivity index (χ1) is 9.15. The predicted octanol–water partition coefficient (Wildman–Crippen LogP) is 2.53. The maximum Gasteiger partial charge on any atom is 0.0669 e. The van der Waals surface area contributed by atoms with Crippen LogP contribution in [0.1, 0.15) is 29.8 Å². The molecule has 19 heavy (non-hydrogen) atoms. The van der Waals surface area contributed by atoms with E-state index in [0.717, 1.165) is 24.1 Å². The van der Waals surface area contributed by atoms with Crippen LogP contribution in [0, 0.1) is 0 Å². The van der Waals surface area contributed by atoms with E-state index in [4.69, 9.17) is 11.6 Å². The molecular formula is C14H19ClN4. The summed E-state index contributed by atoms with van der Waals surface area (Å²) in [4.78, 5) is 4.02. The number of aromatic nitrogens is 3. The Morgan fingerprint density at radius 1 is 1.47 bits per heavy atom. The molecule has 1 atom stereocenters. The highest BCUT2D eigenvalue weighted by Gasteiger charge is 2.17. The first kappa shape index (κ1) is 14.0. The van der Waals surface area contributed by atoms with Gasteiger partial charge in [-0.05, 0) is 31.5 Å². The molecule has 0 aromatic carbocycles. The summed E-state index contributed by atoms with van der Waals surface area (Å²) in [7, 11) is 3.92. The monoisotopic (exact) mass is 278 g/mol. The van der Waals surface area contributed by atoms with Crippen LogP contribution >= 0.6 is 11.6 Å². The summed E-state index contributed by atoms with van der Waals surface area (Å²) in [6, 6.07) is 2.18. The molecule has 0 saturated carbocycles. The lowest BCUT2D eigenvalue weighted by atomic mass is 9.99. The third-order valence-electron chi connectivity index (χ3n) is 3.28. The van der Waals surface area contributed by atoms with E-state index in [1.54, 1.807) is 12.4 Å². The minimum Gasteiger partial charge on any atom is -0.313 e. The lowest BCUT2D eigenvalue weighted by Gasteiger charge is -2.16. The van der Waals surface area contributed by atoms with Gasteiger partial charge < -0.3 is 5.32 Å². The average Bonchev–Trinajstić information content (AvgIpc) is 2.79. The fourth-order valence-corrected chi connectivity index (χ4v) is 2.47. The molecule has 2 aromatic rings. The van der Waals surface area contributed by atoms with Crippen LogP contribution in [-0.4, -0.2) is 21.8 Å². The van der Waals surface area contributed by atoms with E-state index in [9.17, 15) is 0 Å². The van der Waals surface area contributed by atoms with E-state index >= 15 is 0 Å². The summed E-state index contributed by atoms with van der Waals surface area (Å²) in [5.74, 6) is 0. The van der Waals surface area contributed by atoms with Crippen molar-refractivity contribution in [3.63, 3.8) is 0 Å². The Kier molecular flexibility index (Phi) is 4.56. The molecule has 0 bridgehead atoms. The largest absolute Gasteiger partial charge is 0.313 e. The number of rotatable bonds is 5. The van der Waals surface area contributed by atoms with Crippen molar-refractivity contribution in [3.8, 4) is 0 Å². The second kappa shape index (κ2) is 6.17. The summed E-state index contributed by atoms with van der Waals surface area (Å²) in [6.07, 6.45) is 7.30. The van der Waals surface area contributed by atoms with Crippen LogP contribution in [0.4, 0.5) is 0 Å². The number of halogens is 1. The van der Waals surface area contributed by atoms with Gasteiger partial charge in [-0.2, -0.15) is 5.10 Å². The molecular weight excluding hydrogens is 260 g/mol. The zero-order chi connectivity index (χ0) is 13.8. The van der Waals surface area contributed by atoms with Crippen molar-refractivity contribution in [2.24, 2.45) is 7.05 Å². The standard InChI is InChI=1S/C14H19ClN4/c1-4-13-11(9-19(3)18-13)14(16-2)7-10-5-6-17-8-12(10)15/h5-6,8-9,14,16H,4,7H2,1-3H3. The van der Waals surface area contributed by atoms with Gasteiger partial charge in [0, 0.05) is 37.2 Å². The van der Waals surface area contributed by atoms with Gasteiger partial charge in [0.05, 0.1) is 10.7 Å². The van der Waals surface area contributed by atoms with Gasteiger partial charge in [-0.25, -0.2) is 0 Å². The maximum absolute atomic E-state index is 6.18. The van der Waals surface area contributed by atoms with E-state index in [0.29, 0.717) is 5.02 Å². The van der Waals surface area contributed by atoms with Crippen molar-refractivity contribution in [3.05, 3.63) is 46.5 Å². The topological polar surface area (TPSA) is 42.7 Å². The molecule has 0 saturated heterocycles. The normalized spacial score (nSPS) is 12.6. The quantitative estimate of drug-likeness (QED) is 0.914. The molecule has 0 amide bonds. The van der Waals surface area contributed by atoms with E-state index in [1.165, 1.54) is 5.56 Å². The predicted molar refractivity (Wildman–Crippen MR) is 77.3 cm³/mol. The van der Waals surface area contributed by atoms with Crippen LogP contribution in [0.15, 0.2) is 24.7 Å². The van der Waals surface area contributed by atoms with Gasteiger partial charge in [0.25, 0.3) is 0 Å². The van der Waals surface area contributed by atoms with Crippen LogP contribution in [0.5, 0.6) is 0 Å².